The molecule has 76 valence electrons. The predicted octanol–water partition coefficient (Wildman–Crippen LogP) is 1.96. The first kappa shape index (κ1) is 11.0. The van der Waals surface area contributed by atoms with Gasteiger partial charge in [-0.25, -0.2) is 4.21 Å². The molecule has 0 aliphatic heterocycles. The number of pyridine rings is 1. The Morgan fingerprint density at radius 3 is 2.64 bits per heavy atom. The average molecular weight is 210 g/mol. The number of aromatic nitrogens is 1. The topological polar surface area (TPSA) is 42.3 Å². The van der Waals surface area contributed by atoms with Crippen LogP contribution in [-0.2, 0) is 11.0 Å². The first-order valence-electron chi connectivity index (χ1n) is 4.37. The molecule has 0 N–H and O–H groups in total. The minimum Gasteiger partial charge on any atom is -0.255 e. The zero-order valence-electron chi connectivity index (χ0n) is 8.60. The van der Waals surface area contributed by atoms with Gasteiger partial charge in [-0.2, -0.15) is 4.40 Å². The van der Waals surface area contributed by atoms with Crippen LogP contribution in [0, 0.1) is 0 Å². The Morgan fingerprint density at radius 2 is 2.14 bits per heavy atom. The van der Waals surface area contributed by atoms with Crippen LogP contribution in [0.15, 0.2) is 28.8 Å². The van der Waals surface area contributed by atoms with Crippen molar-refractivity contribution < 1.29 is 4.21 Å². The summed E-state index contributed by atoms with van der Waals surface area (Å²) in [5.41, 5.74) is 0.727. The lowest BCUT2D eigenvalue weighted by Crippen LogP contribution is -2.19. The van der Waals surface area contributed by atoms with E-state index >= 15 is 0 Å². The molecule has 0 aromatic carbocycles. The number of hydrogen-bond acceptors (Lipinski definition) is 2. The summed E-state index contributed by atoms with van der Waals surface area (Å²) >= 11 is 0. The molecule has 0 bridgehead atoms. The van der Waals surface area contributed by atoms with Gasteiger partial charge in [-0.15, -0.1) is 0 Å². The predicted molar refractivity (Wildman–Crippen MR) is 59.7 cm³/mol. The van der Waals surface area contributed by atoms with Crippen LogP contribution < -0.4 is 0 Å². The van der Waals surface area contributed by atoms with E-state index in [4.69, 9.17) is 0 Å². The number of hydrogen-bond donors (Lipinski definition) is 0. The molecule has 0 aliphatic carbocycles. The summed E-state index contributed by atoms with van der Waals surface area (Å²) < 4.78 is 15.2. The van der Waals surface area contributed by atoms with Gasteiger partial charge >= 0.3 is 0 Å². The summed E-state index contributed by atoms with van der Waals surface area (Å²) in [5.74, 6) is 0. The van der Waals surface area contributed by atoms with Gasteiger partial charge in [0.05, 0.1) is 16.7 Å². The molecule has 1 atom stereocenters. The Bertz CT molecular complexity index is 341. The van der Waals surface area contributed by atoms with Crippen molar-refractivity contribution in [3.05, 3.63) is 30.1 Å². The molecular formula is C10H14N2OS. The van der Waals surface area contributed by atoms with Crippen LogP contribution in [0.3, 0.4) is 0 Å². The second-order valence-corrected chi connectivity index (χ2v) is 5.78. The quantitative estimate of drug-likeness (QED) is 0.700. The highest BCUT2D eigenvalue weighted by atomic mass is 32.2. The fourth-order valence-corrected chi connectivity index (χ4v) is 1.23. The maximum absolute atomic E-state index is 11.5. The van der Waals surface area contributed by atoms with E-state index in [1.807, 2.05) is 39.0 Å². The maximum atomic E-state index is 11.5. The second kappa shape index (κ2) is 4.46. The summed E-state index contributed by atoms with van der Waals surface area (Å²) in [6.45, 7) is 5.66. The van der Waals surface area contributed by atoms with E-state index in [0.717, 1.165) is 5.69 Å². The molecule has 0 saturated carbocycles. The first-order valence-corrected chi connectivity index (χ1v) is 5.48. The van der Waals surface area contributed by atoms with Gasteiger partial charge in [-0.1, -0.05) is 6.07 Å². The Balaban J connectivity index is 2.71. The summed E-state index contributed by atoms with van der Waals surface area (Å²) in [6, 6.07) is 5.52. The van der Waals surface area contributed by atoms with Crippen LogP contribution in [-0.4, -0.2) is 20.2 Å². The van der Waals surface area contributed by atoms with Crippen molar-refractivity contribution in [3.63, 3.8) is 0 Å². The lowest BCUT2D eigenvalue weighted by Gasteiger charge is -2.12. The smallest absolute Gasteiger partial charge is 0.144 e. The zero-order valence-corrected chi connectivity index (χ0v) is 9.41. The maximum Gasteiger partial charge on any atom is 0.144 e. The van der Waals surface area contributed by atoms with Crippen LogP contribution >= 0.6 is 0 Å². The van der Waals surface area contributed by atoms with Crippen LogP contribution in [0.5, 0.6) is 0 Å². The van der Waals surface area contributed by atoms with E-state index in [1.165, 1.54) is 0 Å². The highest BCUT2D eigenvalue weighted by Gasteiger charge is 2.17. The number of rotatable bonds is 2. The molecule has 4 heteroatoms. The van der Waals surface area contributed by atoms with E-state index in [9.17, 15) is 4.21 Å². The van der Waals surface area contributed by atoms with Crippen LogP contribution in [0.25, 0.3) is 0 Å². The molecule has 0 radical (unpaired) electrons. The minimum absolute atomic E-state index is 0.314. The van der Waals surface area contributed by atoms with Gasteiger partial charge in [0.1, 0.15) is 11.0 Å². The molecule has 1 aromatic heterocycles. The van der Waals surface area contributed by atoms with Crippen molar-refractivity contribution in [2.24, 2.45) is 4.40 Å². The molecule has 0 spiro atoms. The molecule has 1 rings (SSSR count). The van der Waals surface area contributed by atoms with Gasteiger partial charge in [-0.05, 0) is 32.9 Å². The monoisotopic (exact) mass is 210 g/mol. The average Bonchev–Trinajstić information content (AvgIpc) is 2.14. The first-order chi connectivity index (χ1) is 6.50. The Morgan fingerprint density at radius 1 is 1.43 bits per heavy atom. The van der Waals surface area contributed by atoms with Crippen molar-refractivity contribution in [2.75, 3.05) is 0 Å². The van der Waals surface area contributed by atoms with Gasteiger partial charge in [0.2, 0.25) is 0 Å². The molecule has 3 nitrogen and oxygen atoms in total. The van der Waals surface area contributed by atoms with Crippen LogP contribution in [0.2, 0.25) is 0 Å². The zero-order chi connectivity index (χ0) is 10.6. The number of nitrogens with zero attached hydrogens (tertiary/aromatic N) is 2. The van der Waals surface area contributed by atoms with E-state index in [2.05, 4.69) is 9.38 Å². The van der Waals surface area contributed by atoms with E-state index in [0.29, 0.717) is 0 Å². The molecular weight excluding hydrogens is 196 g/mol. The molecule has 0 aliphatic rings. The molecule has 0 saturated heterocycles. The van der Waals surface area contributed by atoms with Crippen molar-refractivity contribution in [2.45, 2.75) is 25.5 Å². The van der Waals surface area contributed by atoms with Crippen molar-refractivity contribution in [1.82, 2.24) is 4.98 Å². The second-order valence-electron chi connectivity index (χ2n) is 3.85. The summed E-state index contributed by atoms with van der Waals surface area (Å²) in [4.78, 5) is 4.05. The molecule has 1 unspecified atom stereocenters. The fraction of sp³-hybridized carbons (Fsp3) is 0.400. The molecule has 14 heavy (non-hydrogen) atoms. The highest BCUT2D eigenvalue weighted by Crippen LogP contribution is 2.11. The molecule has 1 heterocycles. The van der Waals surface area contributed by atoms with Crippen molar-refractivity contribution in [3.8, 4) is 0 Å². The molecule has 0 fully saturated rings. The largest absolute Gasteiger partial charge is 0.255 e. The lowest BCUT2D eigenvalue weighted by molar-refractivity contribution is 0.651. The van der Waals surface area contributed by atoms with Crippen LogP contribution in [0.4, 0.5) is 0 Å². The molecule has 1 aromatic rings. The third kappa shape index (κ3) is 3.38. The van der Waals surface area contributed by atoms with Gasteiger partial charge in [0, 0.05) is 6.20 Å². The van der Waals surface area contributed by atoms with E-state index in [1.54, 1.807) is 12.4 Å². The van der Waals surface area contributed by atoms with Crippen LogP contribution in [0.1, 0.15) is 26.5 Å². The van der Waals surface area contributed by atoms with Gasteiger partial charge in [0.25, 0.3) is 0 Å². The third-order valence-electron chi connectivity index (χ3n) is 1.49. The normalized spacial score (nSPS) is 14.5. The molecule has 0 amide bonds. The minimum atomic E-state index is -1.21. The lowest BCUT2D eigenvalue weighted by atomic mass is 10.3. The third-order valence-corrected chi connectivity index (χ3v) is 2.84. The van der Waals surface area contributed by atoms with Gasteiger partial charge < -0.3 is 0 Å². The fourth-order valence-electron chi connectivity index (χ4n) is 0.712. The summed E-state index contributed by atoms with van der Waals surface area (Å²) in [6.07, 6.45) is 3.22. The highest BCUT2D eigenvalue weighted by molar-refractivity contribution is 7.85. The van der Waals surface area contributed by atoms with E-state index < -0.39 is 11.0 Å². The van der Waals surface area contributed by atoms with Gasteiger partial charge in [-0.3, -0.25) is 4.98 Å². The van der Waals surface area contributed by atoms with Gasteiger partial charge in [0.15, 0.2) is 0 Å². The SMILES string of the molecule is CC(C)(C)S(=O)/N=C/c1ccccn1. The summed E-state index contributed by atoms with van der Waals surface area (Å²) in [7, 11) is -1.21. The Hall–Kier alpha value is -1.03. The van der Waals surface area contributed by atoms with E-state index in [-0.39, 0.29) is 4.75 Å². The Labute approximate surface area is 86.9 Å². The Kier molecular flexibility index (Phi) is 3.52. The van der Waals surface area contributed by atoms with Crippen molar-refractivity contribution >= 4 is 17.2 Å². The van der Waals surface area contributed by atoms with Crippen molar-refractivity contribution in [1.29, 1.82) is 0 Å². The summed E-state index contributed by atoms with van der Waals surface area (Å²) in [5, 5.41) is 0. The standard InChI is InChI=1S/C10H14N2OS/c1-10(2,3)14(13)12-8-9-6-4-5-7-11-9/h4-8H,1-3H3/b12-8+.